The van der Waals surface area contributed by atoms with Gasteiger partial charge in [-0.1, -0.05) is 24.3 Å². The highest BCUT2D eigenvalue weighted by molar-refractivity contribution is 6.08. The first-order valence-corrected chi connectivity index (χ1v) is 7.58. The number of ether oxygens (including phenoxy) is 1. The lowest BCUT2D eigenvalue weighted by Crippen LogP contribution is -2.25. The topological polar surface area (TPSA) is 124 Å². The molecular weight excluding hydrogens is 342 g/mol. The predicted molar refractivity (Wildman–Crippen MR) is 90.4 cm³/mol. The standard InChI is InChI=1S/C18H15NO7/c1-11(20)13(18(22)23)10-15(21)17-14(19(24)25)8-5-9-16(17)26-12-6-3-2-4-7-12/h2-9,13H,10H2,1H3,(H,22,23). The molecule has 0 bridgehead atoms. The fourth-order valence-corrected chi connectivity index (χ4v) is 2.34. The summed E-state index contributed by atoms with van der Waals surface area (Å²) in [6.45, 7) is 1.05. The minimum atomic E-state index is -1.58. The molecule has 2 rings (SSSR count). The number of Topliss-reactive ketones (excluding diaryl/α,β-unsaturated/α-hetero) is 2. The summed E-state index contributed by atoms with van der Waals surface area (Å²) in [6.07, 6.45) is -0.694. The van der Waals surface area contributed by atoms with Gasteiger partial charge in [-0.2, -0.15) is 0 Å². The molecule has 1 N–H and O–H groups in total. The summed E-state index contributed by atoms with van der Waals surface area (Å²) in [5.41, 5.74) is -0.884. The number of carbonyl (C=O) groups excluding carboxylic acids is 2. The van der Waals surface area contributed by atoms with E-state index in [9.17, 15) is 24.5 Å². The van der Waals surface area contributed by atoms with Gasteiger partial charge in [0.25, 0.3) is 5.69 Å². The third kappa shape index (κ3) is 4.29. The zero-order valence-electron chi connectivity index (χ0n) is 13.7. The smallest absolute Gasteiger partial charge is 0.314 e. The van der Waals surface area contributed by atoms with Crippen LogP contribution in [0, 0.1) is 16.0 Å². The second-order valence-corrected chi connectivity index (χ2v) is 5.45. The summed E-state index contributed by atoms with van der Waals surface area (Å²) in [4.78, 5) is 45.8. The molecule has 26 heavy (non-hydrogen) atoms. The van der Waals surface area contributed by atoms with Crippen molar-refractivity contribution in [3.8, 4) is 11.5 Å². The average molecular weight is 357 g/mol. The largest absolute Gasteiger partial charge is 0.481 e. The van der Waals surface area contributed by atoms with Gasteiger partial charge in [0.1, 0.15) is 28.8 Å². The summed E-state index contributed by atoms with van der Waals surface area (Å²) in [5, 5.41) is 20.4. The first-order valence-electron chi connectivity index (χ1n) is 7.58. The number of carboxylic acids is 1. The van der Waals surface area contributed by atoms with Gasteiger partial charge in [-0.25, -0.2) is 0 Å². The van der Waals surface area contributed by atoms with Crippen molar-refractivity contribution >= 4 is 23.2 Å². The van der Waals surface area contributed by atoms with Crippen molar-refractivity contribution in [3.05, 3.63) is 64.2 Å². The third-order valence-corrected chi connectivity index (χ3v) is 3.63. The predicted octanol–water partition coefficient (Wildman–Crippen LogP) is 3.25. The Balaban J connectivity index is 2.47. The highest BCUT2D eigenvalue weighted by Crippen LogP contribution is 2.33. The maximum atomic E-state index is 12.6. The lowest BCUT2D eigenvalue weighted by Gasteiger charge is -2.12. The number of rotatable bonds is 8. The van der Waals surface area contributed by atoms with Crippen LogP contribution in [-0.4, -0.2) is 27.6 Å². The molecule has 0 aliphatic heterocycles. The molecule has 0 amide bonds. The number of nitrogens with zero attached hydrogens (tertiary/aromatic N) is 1. The Morgan fingerprint density at radius 1 is 1.12 bits per heavy atom. The molecular formula is C18H15NO7. The van der Waals surface area contributed by atoms with Crippen molar-refractivity contribution < 1.29 is 29.2 Å². The number of ketones is 2. The summed E-state index contributed by atoms with van der Waals surface area (Å²) in [5.74, 6) is -4.34. The number of nitro groups is 1. The van der Waals surface area contributed by atoms with Crippen molar-refractivity contribution in [1.82, 2.24) is 0 Å². The maximum absolute atomic E-state index is 12.6. The van der Waals surface area contributed by atoms with Gasteiger partial charge < -0.3 is 9.84 Å². The number of carboxylic acid groups (broad SMARTS) is 1. The lowest BCUT2D eigenvalue weighted by atomic mass is 9.94. The molecule has 0 saturated heterocycles. The summed E-state index contributed by atoms with van der Waals surface area (Å²) >= 11 is 0. The summed E-state index contributed by atoms with van der Waals surface area (Å²) in [7, 11) is 0. The molecule has 2 aromatic rings. The van der Waals surface area contributed by atoms with Gasteiger partial charge in [-0.15, -0.1) is 0 Å². The third-order valence-electron chi connectivity index (χ3n) is 3.63. The molecule has 8 nitrogen and oxygen atoms in total. The molecule has 1 unspecified atom stereocenters. The van der Waals surface area contributed by atoms with Crippen molar-refractivity contribution in [2.75, 3.05) is 0 Å². The van der Waals surface area contributed by atoms with E-state index in [0.717, 1.165) is 13.0 Å². The number of para-hydroxylation sites is 1. The van der Waals surface area contributed by atoms with Crippen LogP contribution in [0.4, 0.5) is 5.69 Å². The first kappa shape index (κ1) is 18.8. The fourth-order valence-electron chi connectivity index (χ4n) is 2.34. The highest BCUT2D eigenvalue weighted by atomic mass is 16.6. The molecule has 1 atom stereocenters. The zero-order valence-corrected chi connectivity index (χ0v) is 13.7. The van der Waals surface area contributed by atoms with Crippen molar-refractivity contribution in [1.29, 1.82) is 0 Å². The molecule has 2 aromatic carbocycles. The van der Waals surface area contributed by atoms with E-state index in [1.165, 1.54) is 12.1 Å². The maximum Gasteiger partial charge on any atom is 0.314 e. The summed E-state index contributed by atoms with van der Waals surface area (Å²) in [6, 6.07) is 12.2. The molecule has 0 aromatic heterocycles. The van der Waals surface area contributed by atoms with E-state index in [4.69, 9.17) is 9.84 Å². The fraction of sp³-hybridized carbons (Fsp3) is 0.167. The SMILES string of the molecule is CC(=O)C(CC(=O)c1c(Oc2ccccc2)cccc1[N+](=O)[O-])C(=O)O. The van der Waals surface area contributed by atoms with Crippen LogP contribution < -0.4 is 4.74 Å². The summed E-state index contributed by atoms with van der Waals surface area (Å²) < 4.78 is 5.57. The van der Waals surface area contributed by atoms with E-state index in [2.05, 4.69) is 0 Å². The average Bonchev–Trinajstić information content (AvgIpc) is 2.59. The van der Waals surface area contributed by atoms with E-state index >= 15 is 0 Å². The van der Waals surface area contributed by atoms with E-state index in [-0.39, 0.29) is 11.3 Å². The molecule has 0 heterocycles. The van der Waals surface area contributed by atoms with Gasteiger partial charge in [0, 0.05) is 12.5 Å². The van der Waals surface area contributed by atoms with E-state index in [1.807, 2.05) is 0 Å². The Bertz CT molecular complexity index is 847. The minimum Gasteiger partial charge on any atom is -0.481 e. The number of carbonyl (C=O) groups is 3. The Labute approximate surface area is 148 Å². The highest BCUT2D eigenvalue weighted by Gasteiger charge is 2.31. The van der Waals surface area contributed by atoms with Crippen LogP contribution in [0.25, 0.3) is 0 Å². The quantitative estimate of drug-likeness (QED) is 0.333. The second kappa shape index (κ2) is 8.02. The van der Waals surface area contributed by atoms with Gasteiger partial charge >= 0.3 is 5.97 Å². The van der Waals surface area contributed by atoms with E-state index in [0.29, 0.717) is 5.75 Å². The molecule has 0 aliphatic carbocycles. The van der Waals surface area contributed by atoms with Crippen molar-refractivity contribution in [3.63, 3.8) is 0 Å². The van der Waals surface area contributed by atoms with Gasteiger partial charge in [-0.3, -0.25) is 24.5 Å². The molecule has 0 saturated carbocycles. The Kier molecular flexibility index (Phi) is 5.79. The number of benzene rings is 2. The first-order chi connectivity index (χ1) is 12.3. The van der Waals surface area contributed by atoms with Crippen LogP contribution >= 0.6 is 0 Å². The molecule has 0 spiro atoms. The van der Waals surface area contributed by atoms with Gasteiger partial charge in [0.05, 0.1) is 4.92 Å². The van der Waals surface area contributed by atoms with Crippen LogP contribution in [0.5, 0.6) is 11.5 Å². The van der Waals surface area contributed by atoms with Crippen molar-refractivity contribution in [2.45, 2.75) is 13.3 Å². The monoisotopic (exact) mass is 357 g/mol. The van der Waals surface area contributed by atoms with Crippen LogP contribution in [0.3, 0.4) is 0 Å². The molecule has 8 heteroatoms. The van der Waals surface area contributed by atoms with Crippen LogP contribution in [0.1, 0.15) is 23.7 Å². The normalized spacial score (nSPS) is 11.4. The van der Waals surface area contributed by atoms with Gasteiger partial charge in [0.2, 0.25) is 0 Å². The number of nitro benzene ring substituents is 1. The van der Waals surface area contributed by atoms with E-state index < -0.39 is 40.5 Å². The molecule has 0 radical (unpaired) electrons. The molecule has 0 aliphatic rings. The molecule has 134 valence electrons. The second-order valence-electron chi connectivity index (χ2n) is 5.45. The lowest BCUT2D eigenvalue weighted by molar-refractivity contribution is -0.385. The number of hydrogen-bond donors (Lipinski definition) is 1. The molecule has 0 fully saturated rings. The van der Waals surface area contributed by atoms with Gasteiger partial charge in [0.15, 0.2) is 5.78 Å². The Hall–Kier alpha value is -3.55. The Morgan fingerprint density at radius 3 is 2.31 bits per heavy atom. The van der Waals surface area contributed by atoms with Crippen molar-refractivity contribution in [2.24, 2.45) is 5.92 Å². The van der Waals surface area contributed by atoms with Crippen LogP contribution in [0.2, 0.25) is 0 Å². The van der Waals surface area contributed by atoms with Crippen LogP contribution in [0.15, 0.2) is 48.5 Å². The van der Waals surface area contributed by atoms with Gasteiger partial charge in [-0.05, 0) is 25.1 Å². The Morgan fingerprint density at radius 2 is 1.77 bits per heavy atom. The van der Waals surface area contributed by atoms with E-state index in [1.54, 1.807) is 30.3 Å². The number of hydrogen-bond acceptors (Lipinski definition) is 6. The van der Waals surface area contributed by atoms with Crippen LogP contribution in [-0.2, 0) is 9.59 Å². The number of aliphatic carboxylic acids is 1. The minimum absolute atomic E-state index is 0.0805. The zero-order chi connectivity index (χ0) is 19.3.